The van der Waals surface area contributed by atoms with Crippen LogP contribution in [-0.2, 0) is 21.4 Å². The van der Waals surface area contributed by atoms with Crippen molar-refractivity contribution in [1.82, 2.24) is 0 Å². The Balaban J connectivity index is 2.19. The highest BCUT2D eigenvalue weighted by Gasteiger charge is 2.16. The first-order valence-electron chi connectivity index (χ1n) is 6.01. The smallest absolute Gasteiger partial charge is 0.339 e. The first kappa shape index (κ1) is 16.6. The number of rotatable bonds is 4. The molecule has 0 spiro atoms. The Morgan fingerprint density at radius 2 is 1.95 bits per heavy atom. The fourth-order valence-corrected chi connectivity index (χ4v) is 2.64. The number of hydrogen-bond acceptors (Lipinski definition) is 4. The Morgan fingerprint density at radius 3 is 2.59 bits per heavy atom. The lowest BCUT2D eigenvalue weighted by atomic mass is 10.2. The van der Waals surface area contributed by atoms with Crippen LogP contribution >= 0.6 is 15.9 Å². The molecule has 0 saturated carbocycles. The summed E-state index contributed by atoms with van der Waals surface area (Å²) in [5.74, 6) is -1.19. The molecule has 0 aliphatic heterocycles. The predicted molar refractivity (Wildman–Crippen MR) is 81.0 cm³/mol. The van der Waals surface area contributed by atoms with Crippen molar-refractivity contribution in [2.75, 3.05) is 0 Å². The summed E-state index contributed by atoms with van der Waals surface area (Å²) < 4.78 is 41.1. The summed E-state index contributed by atoms with van der Waals surface area (Å²) in [5, 5.41) is 5.02. The molecule has 2 N–H and O–H groups in total. The summed E-state index contributed by atoms with van der Waals surface area (Å²) in [6.45, 7) is -0.136. The lowest BCUT2D eigenvalue weighted by Gasteiger charge is -2.08. The Labute approximate surface area is 135 Å². The van der Waals surface area contributed by atoms with E-state index in [0.29, 0.717) is 10.0 Å². The maximum Gasteiger partial charge on any atom is 0.339 e. The fraction of sp³-hybridized carbons (Fsp3) is 0.0714. The second-order valence-corrected chi connectivity index (χ2v) is 6.81. The zero-order valence-corrected chi connectivity index (χ0v) is 13.5. The molecule has 2 aromatic carbocycles. The van der Waals surface area contributed by atoms with Gasteiger partial charge in [-0.2, -0.15) is 0 Å². The topological polar surface area (TPSA) is 86.5 Å². The highest BCUT2D eigenvalue weighted by Crippen LogP contribution is 2.21. The number of nitrogens with two attached hydrogens (primary N) is 1. The molecule has 0 heterocycles. The van der Waals surface area contributed by atoms with Gasteiger partial charge in [-0.05, 0) is 51.8 Å². The van der Waals surface area contributed by atoms with Crippen LogP contribution in [-0.4, -0.2) is 14.4 Å². The number of carbonyl (C=O) groups is 1. The standard InChI is InChI=1S/C14H11BrFNO4S/c15-13-5-4-11(22(17,19)20)7-12(13)14(18)21-8-9-2-1-3-10(16)6-9/h1-7H,8H2,(H2,17,19,20). The predicted octanol–water partition coefficient (Wildman–Crippen LogP) is 2.59. The van der Waals surface area contributed by atoms with Gasteiger partial charge in [0.15, 0.2) is 0 Å². The number of sulfonamides is 1. The minimum absolute atomic E-state index is 0.0166. The third-order valence-electron chi connectivity index (χ3n) is 2.75. The number of halogens is 2. The third kappa shape index (κ3) is 4.12. The first-order chi connectivity index (χ1) is 10.3. The van der Waals surface area contributed by atoms with Gasteiger partial charge in [0, 0.05) is 4.47 Å². The number of esters is 1. The van der Waals surface area contributed by atoms with Crippen molar-refractivity contribution in [2.24, 2.45) is 5.14 Å². The van der Waals surface area contributed by atoms with Crippen LogP contribution in [0.5, 0.6) is 0 Å². The van der Waals surface area contributed by atoms with Crippen LogP contribution in [0.15, 0.2) is 51.8 Å². The molecule has 0 bridgehead atoms. The van der Waals surface area contributed by atoms with Crippen molar-refractivity contribution in [2.45, 2.75) is 11.5 Å². The van der Waals surface area contributed by atoms with E-state index >= 15 is 0 Å². The summed E-state index contributed by atoms with van der Waals surface area (Å²) >= 11 is 3.14. The summed E-state index contributed by atoms with van der Waals surface area (Å²) in [6, 6.07) is 9.39. The second-order valence-electron chi connectivity index (χ2n) is 4.39. The molecule has 5 nitrogen and oxygen atoms in total. The van der Waals surface area contributed by atoms with E-state index < -0.39 is 21.8 Å². The molecule has 0 aliphatic carbocycles. The molecule has 2 rings (SSSR count). The van der Waals surface area contributed by atoms with Gasteiger partial charge < -0.3 is 4.74 Å². The average molecular weight is 388 g/mol. The van der Waals surface area contributed by atoms with Crippen LogP contribution in [0.3, 0.4) is 0 Å². The van der Waals surface area contributed by atoms with Gasteiger partial charge >= 0.3 is 5.97 Å². The van der Waals surface area contributed by atoms with E-state index in [2.05, 4.69) is 15.9 Å². The van der Waals surface area contributed by atoms with Crippen molar-refractivity contribution in [1.29, 1.82) is 0 Å². The maximum absolute atomic E-state index is 13.0. The molecule has 2 aromatic rings. The lowest BCUT2D eigenvalue weighted by molar-refractivity contribution is 0.0471. The molecule has 0 aromatic heterocycles. The van der Waals surface area contributed by atoms with Gasteiger partial charge in [0.1, 0.15) is 12.4 Å². The molecular formula is C14H11BrFNO4S. The van der Waals surface area contributed by atoms with E-state index in [-0.39, 0.29) is 17.1 Å². The van der Waals surface area contributed by atoms with E-state index in [0.717, 1.165) is 6.07 Å². The van der Waals surface area contributed by atoms with Crippen molar-refractivity contribution in [3.63, 3.8) is 0 Å². The number of primary sulfonamides is 1. The van der Waals surface area contributed by atoms with E-state index in [1.54, 1.807) is 6.07 Å². The van der Waals surface area contributed by atoms with Gasteiger partial charge in [-0.25, -0.2) is 22.7 Å². The minimum Gasteiger partial charge on any atom is -0.457 e. The van der Waals surface area contributed by atoms with E-state index in [4.69, 9.17) is 9.88 Å². The minimum atomic E-state index is -3.93. The second kappa shape index (κ2) is 6.55. The number of hydrogen-bond donors (Lipinski definition) is 1. The molecule has 0 aliphatic rings. The zero-order valence-electron chi connectivity index (χ0n) is 11.1. The largest absolute Gasteiger partial charge is 0.457 e. The Morgan fingerprint density at radius 1 is 1.23 bits per heavy atom. The van der Waals surface area contributed by atoms with Crippen LogP contribution in [0, 0.1) is 5.82 Å². The van der Waals surface area contributed by atoms with Gasteiger partial charge in [-0.3, -0.25) is 0 Å². The Kier molecular flexibility index (Phi) is 4.94. The van der Waals surface area contributed by atoms with Gasteiger partial charge in [0.2, 0.25) is 10.0 Å². The maximum atomic E-state index is 13.0. The molecular weight excluding hydrogens is 377 g/mol. The fourth-order valence-electron chi connectivity index (χ4n) is 1.69. The zero-order chi connectivity index (χ0) is 16.3. The third-order valence-corrected chi connectivity index (χ3v) is 4.35. The van der Waals surface area contributed by atoms with Crippen LogP contribution in [0.2, 0.25) is 0 Å². The van der Waals surface area contributed by atoms with Gasteiger partial charge in [-0.15, -0.1) is 0 Å². The van der Waals surface area contributed by atoms with Crippen molar-refractivity contribution in [3.05, 3.63) is 63.9 Å². The van der Waals surface area contributed by atoms with Gasteiger partial charge in [0.25, 0.3) is 0 Å². The van der Waals surface area contributed by atoms with Crippen molar-refractivity contribution >= 4 is 31.9 Å². The average Bonchev–Trinajstić information content (AvgIpc) is 2.44. The summed E-state index contributed by atoms with van der Waals surface area (Å²) in [6.07, 6.45) is 0. The van der Waals surface area contributed by atoms with Crippen LogP contribution in [0.25, 0.3) is 0 Å². The first-order valence-corrected chi connectivity index (χ1v) is 8.35. The van der Waals surface area contributed by atoms with Crippen molar-refractivity contribution < 1.29 is 22.3 Å². The SMILES string of the molecule is NS(=O)(=O)c1ccc(Br)c(C(=O)OCc2cccc(F)c2)c1. The van der Waals surface area contributed by atoms with E-state index in [1.165, 1.54) is 30.3 Å². The Bertz CT molecular complexity index is 823. The molecule has 0 unspecified atom stereocenters. The molecule has 0 fully saturated rings. The molecule has 0 radical (unpaired) electrons. The van der Waals surface area contributed by atoms with Crippen LogP contribution < -0.4 is 5.14 Å². The van der Waals surface area contributed by atoms with Gasteiger partial charge in [0.05, 0.1) is 10.5 Å². The van der Waals surface area contributed by atoms with E-state index in [1.807, 2.05) is 0 Å². The number of benzene rings is 2. The summed E-state index contributed by atoms with van der Waals surface area (Å²) in [7, 11) is -3.93. The highest BCUT2D eigenvalue weighted by atomic mass is 79.9. The molecule has 8 heteroatoms. The summed E-state index contributed by atoms with van der Waals surface area (Å²) in [4.78, 5) is 11.8. The summed E-state index contributed by atoms with van der Waals surface area (Å²) in [5.41, 5.74) is 0.495. The van der Waals surface area contributed by atoms with Crippen LogP contribution in [0.4, 0.5) is 4.39 Å². The highest BCUT2D eigenvalue weighted by molar-refractivity contribution is 9.10. The molecule has 22 heavy (non-hydrogen) atoms. The normalized spacial score (nSPS) is 11.2. The lowest BCUT2D eigenvalue weighted by Crippen LogP contribution is -2.14. The number of carbonyl (C=O) groups excluding carboxylic acids is 1. The Hall–Kier alpha value is -1.77. The molecule has 0 amide bonds. The van der Waals surface area contributed by atoms with E-state index in [9.17, 15) is 17.6 Å². The molecule has 116 valence electrons. The van der Waals surface area contributed by atoms with Crippen molar-refractivity contribution in [3.8, 4) is 0 Å². The number of ether oxygens (including phenoxy) is 1. The quantitative estimate of drug-likeness (QED) is 0.816. The monoisotopic (exact) mass is 387 g/mol. The van der Waals surface area contributed by atoms with Crippen LogP contribution in [0.1, 0.15) is 15.9 Å². The molecule has 0 atom stereocenters. The van der Waals surface area contributed by atoms with Gasteiger partial charge in [-0.1, -0.05) is 12.1 Å². The molecule has 0 saturated heterocycles.